The zero-order chi connectivity index (χ0) is 19.7. The molecule has 1 atom stereocenters. The van der Waals surface area contributed by atoms with Gasteiger partial charge in [-0.05, 0) is 60.8 Å². The Morgan fingerprint density at radius 3 is 2.68 bits per heavy atom. The third-order valence-electron chi connectivity index (χ3n) is 4.09. The van der Waals surface area contributed by atoms with E-state index in [0.29, 0.717) is 21.9 Å². The van der Waals surface area contributed by atoms with Crippen molar-refractivity contribution in [1.82, 2.24) is 10.2 Å². The molecular formula is C20H15FN2O4S. The van der Waals surface area contributed by atoms with Gasteiger partial charge in [-0.2, -0.15) is 0 Å². The van der Waals surface area contributed by atoms with E-state index >= 15 is 0 Å². The second-order valence-electron chi connectivity index (χ2n) is 6.01. The number of thiophene rings is 1. The van der Waals surface area contributed by atoms with Crippen molar-refractivity contribution in [2.45, 2.75) is 13.0 Å². The van der Waals surface area contributed by atoms with Gasteiger partial charge in [0.1, 0.15) is 16.4 Å². The lowest BCUT2D eigenvalue weighted by atomic mass is 10.2. The van der Waals surface area contributed by atoms with E-state index in [2.05, 4.69) is 10.2 Å². The number of hydrogen-bond acceptors (Lipinski definition) is 7. The number of aromatic nitrogens is 2. The molecule has 0 radical (unpaired) electrons. The molecule has 2 aromatic heterocycles. The van der Waals surface area contributed by atoms with Gasteiger partial charge in [0.25, 0.3) is 5.89 Å². The molecule has 8 heteroatoms. The fourth-order valence-electron chi connectivity index (χ4n) is 2.63. The minimum absolute atomic E-state index is 0.186. The Morgan fingerprint density at radius 1 is 1.14 bits per heavy atom. The fourth-order valence-corrected chi connectivity index (χ4v) is 3.56. The first-order valence-corrected chi connectivity index (χ1v) is 9.23. The van der Waals surface area contributed by atoms with E-state index in [4.69, 9.17) is 13.9 Å². The summed E-state index contributed by atoms with van der Waals surface area (Å²) in [4.78, 5) is 12.8. The quantitative estimate of drug-likeness (QED) is 0.440. The summed E-state index contributed by atoms with van der Waals surface area (Å²) in [7, 11) is 1.59. The van der Waals surface area contributed by atoms with Crippen molar-refractivity contribution >= 4 is 27.4 Å². The van der Waals surface area contributed by atoms with Crippen LogP contribution in [-0.2, 0) is 4.74 Å². The van der Waals surface area contributed by atoms with Crippen LogP contribution in [0.3, 0.4) is 0 Å². The number of carbonyl (C=O) groups excluding carboxylic acids is 1. The summed E-state index contributed by atoms with van der Waals surface area (Å²) in [5.41, 5.74) is 0.726. The Morgan fingerprint density at radius 2 is 1.93 bits per heavy atom. The van der Waals surface area contributed by atoms with Crippen LogP contribution in [0.4, 0.5) is 4.39 Å². The van der Waals surface area contributed by atoms with Gasteiger partial charge in [0.2, 0.25) is 5.89 Å². The summed E-state index contributed by atoms with van der Waals surface area (Å²) in [6, 6.07) is 13.1. The number of ether oxygens (including phenoxy) is 2. The summed E-state index contributed by atoms with van der Waals surface area (Å²) in [5.74, 6) is 0.340. The van der Waals surface area contributed by atoms with Gasteiger partial charge >= 0.3 is 5.97 Å². The van der Waals surface area contributed by atoms with Gasteiger partial charge in [0, 0.05) is 10.3 Å². The number of nitrogens with zero attached hydrogens (tertiary/aromatic N) is 2. The standard InChI is InChI=1S/C20H15FN2O4S/c1-11(18-22-23-19(27-18)12-3-6-15(25-2)7-4-12)26-20(24)17-10-13-9-14(21)5-8-16(13)28-17/h3-11H,1-2H3/t11-/m0/s1. The van der Waals surface area contributed by atoms with Crippen molar-refractivity contribution in [3.05, 3.63) is 65.1 Å². The van der Waals surface area contributed by atoms with E-state index in [-0.39, 0.29) is 11.7 Å². The molecular weight excluding hydrogens is 383 g/mol. The maximum atomic E-state index is 13.3. The smallest absolute Gasteiger partial charge is 0.349 e. The molecule has 0 saturated carbocycles. The SMILES string of the molecule is COc1ccc(-c2nnc([C@H](C)OC(=O)c3cc4cc(F)ccc4s3)o2)cc1. The zero-order valence-corrected chi connectivity index (χ0v) is 15.8. The molecule has 28 heavy (non-hydrogen) atoms. The lowest BCUT2D eigenvalue weighted by Gasteiger charge is -2.07. The average Bonchev–Trinajstić information content (AvgIpc) is 3.35. The van der Waals surface area contributed by atoms with Crippen molar-refractivity contribution in [3.63, 3.8) is 0 Å². The van der Waals surface area contributed by atoms with Crippen LogP contribution in [0, 0.1) is 5.82 Å². The third kappa shape index (κ3) is 3.59. The van der Waals surface area contributed by atoms with Crippen molar-refractivity contribution < 1.29 is 23.1 Å². The monoisotopic (exact) mass is 398 g/mol. The molecule has 0 aliphatic heterocycles. The number of carbonyl (C=O) groups is 1. The maximum absolute atomic E-state index is 13.3. The highest BCUT2D eigenvalue weighted by molar-refractivity contribution is 7.20. The van der Waals surface area contributed by atoms with E-state index in [1.54, 1.807) is 50.4 Å². The zero-order valence-electron chi connectivity index (χ0n) is 15.0. The number of esters is 1. The molecule has 4 rings (SSSR count). The third-order valence-corrected chi connectivity index (χ3v) is 5.18. The molecule has 6 nitrogen and oxygen atoms in total. The minimum Gasteiger partial charge on any atom is -0.497 e. The number of fused-ring (bicyclic) bond motifs is 1. The molecule has 4 aromatic rings. The van der Waals surface area contributed by atoms with Crippen LogP contribution in [0.2, 0.25) is 0 Å². The number of hydrogen-bond donors (Lipinski definition) is 0. The van der Waals surface area contributed by atoms with E-state index in [9.17, 15) is 9.18 Å². The summed E-state index contributed by atoms with van der Waals surface area (Å²) in [6.45, 7) is 1.65. The number of rotatable bonds is 5. The van der Waals surface area contributed by atoms with Crippen LogP contribution in [-0.4, -0.2) is 23.3 Å². The number of halogens is 1. The highest BCUT2D eigenvalue weighted by atomic mass is 32.1. The summed E-state index contributed by atoms with van der Waals surface area (Å²) >= 11 is 1.24. The van der Waals surface area contributed by atoms with Crippen LogP contribution in [0.25, 0.3) is 21.5 Å². The molecule has 0 aliphatic rings. The second kappa shape index (κ2) is 7.40. The normalized spacial score (nSPS) is 12.1. The molecule has 142 valence electrons. The van der Waals surface area contributed by atoms with Crippen molar-refractivity contribution in [1.29, 1.82) is 0 Å². The van der Waals surface area contributed by atoms with E-state index in [0.717, 1.165) is 10.3 Å². The predicted molar refractivity (Wildman–Crippen MR) is 102 cm³/mol. The van der Waals surface area contributed by atoms with E-state index < -0.39 is 12.1 Å². The second-order valence-corrected chi connectivity index (χ2v) is 7.10. The topological polar surface area (TPSA) is 74.5 Å². The highest BCUT2D eigenvalue weighted by Crippen LogP contribution is 2.29. The van der Waals surface area contributed by atoms with Crippen LogP contribution < -0.4 is 4.74 Å². The fraction of sp³-hybridized carbons (Fsp3) is 0.150. The average molecular weight is 398 g/mol. The van der Waals surface area contributed by atoms with Gasteiger partial charge in [-0.1, -0.05) is 0 Å². The van der Waals surface area contributed by atoms with Gasteiger partial charge in [0.15, 0.2) is 6.10 Å². The first-order chi connectivity index (χ1) is 13.5. The lowest BCUT2D eigenvalue weighted by molar-refractivity contribution is 0.0286. The van der Waals surface area contributed by atoms with Gasteiger partial charge in [0.05, 0.1) is 7.11 Å². The first-order valence-electron chi connectivity index (χ1n) is 8.41. The van der Waals surface area contributed by atoms with Crippen LogP contribution in [0.5, 0.6) is 5.75 Å². The lowest BCUT2D eigenvalue weighted by Crippen LogP contribution is -2.08. The Bertz CT molecular complexity index is 1140. The maximum Gasteiger partial charge on any atom is 0.349 e. The minimum atomic E-state index is -0.728. The van der Waals surface area contributed by atoms with Crippen LogP contribution in [0.15, 0.2) is 52.9 Å². The van der Waals surface area contributed by atoms with Crippen molar-refractivity contribution in [2.75, 3.05) is 7.11 Å². The van der Waals surface area contributed by atoms with Crippen molar-refractivity contribution in [3.8, 4) is 17.2 Å². The molecule has 0 amide bonds. The number of benzene rings is 2. The molecule has 0 unspecified atom stereocenters. The molecule has 0 saturated heterocycles. The molecule has 0 aliphatic carbocycles. The molecule has 0 fully saturated rings. The van der Waals surface area contributed by atoms with Gasteiger partial charge in [-0.25, -0.2) is 9.18 Å². The van der Waals surface area contributed by atoms with Crippen LogP contribution >= 0.6 is 11.3 Å². The Hall–Kier alpha value is -3.26. The van der Waals surface area contributed by atoms with E-state index in [1.165, 1.54) is 23.5 Å². The van der Waals surface area contributed by atoms with Crippen molar-refractivity contribution in [2.24, 2.45) is 0 Å². The van der Waals surface area contributed by atoms with Gasteiger partial charge < -0.3 is 13.9 Å². The largest absolute Gasteiger partial charge is 0.497 e. The molecule has 0 bridgehead atoms. The number of methoxy groups -OCH3 is 1. The van der Waals surface area contributed by atoms with E-state index in [1.807, 2.05) is 0 Å². The molecule has 0 spiro atoms. The van der Waals surface area contributed by atoms with Crippen LogP contribution in [0.1, 0.15) is 28.6 Å². The first kappa shape index (κ1) is 18.1. The summed E-state index contributed by atoms with van der Waals surface area (Å²) in [5, 5.41) is 8.62. The molecule has 2 aromatic carbocycles. The molecule has 2 heterocycles. The van der Waals surface area contributed by atoms with Gasteiger partial charge in [-0.15, -0.1) is 21.5 Å². The Labute approximate surface area is 163 Å². The summed E-state index contributed by atoms with van der Waals surface area (Å²) < 4.78 is 30.3. The Kier molecular flexibility index (Phi) is 4.79. The van der Waals surface area contributed by atoms with Gasteiger partial charge in [-0.3, -0.25) is 0 Å². The highest BCUT2D eigenvalue weighted by Gasteiger charge is 2.21. The predicted octanol–water partition coefficient (Wildman–Crippen LogP) is 5.02. The molecule has 0 N–H and O–H groups in total. The Balaban J connectivity index is 1.48. The summed E-state index contributed by atoms with van der Waals surface area (Å²) in [6.07, 6.45) is -0.728.